The van der Waals surface area contributed by atoms with Gasteiger partial charge in [-0.3, -0.25) is 9.59 Å². The summed E-state index contributed by atoms with van der Waals surface area (Å²) in [4.78, 5) is 25.3. The summed E-state index contributed by atoms with van der Waals surface area (Å²) in [5, 5.41) is 16.9. The molecule has 0 saturated heterocycles. The Hall–Kier alpha value is -3.49. The molecule has 0 aliphatic heterocycles. The van der Waals surface area contributed by atoms with Crippen LogP contribution in [0.4, 0.5) is 10.1 Å². The molecule has 2 N–H and O–H groups in total. The minimum atomic E-state index is -0.676. The zero-order valence-electron chi connectivity index (χ0n) is 15.5. The number of aromatic nitrogens is 3. The molecular weight excluding hydrogens is 411 g/mol. The van der Waals surface area contributed by atoms with Crippen LogP contribution >= 0.6 is 11.6 Å². The van der Waals surface area contributed by atoms with Gasteiger partial charge in [0.15, 0.2) is 0 Å². The number of aliphatic hydroxyl groups excluding tert-OH is 1. The summed E-state index contributed by atoms with van der Waals surface area (Å²) in [5.41, 5.74) is 1.25. The highest BCUT2D eigenvalue weighted by atomic mass is 35.5. The van der Waals surface area contributed by atoms with Gasteiger partial charge in [-0.25, -0.2) is 8.91 Å². The molecule has 2 aromatic carbocycles. The second-order valence-corrected chi connectivity index (χ2v) is 6.98. The normalized spacial score (nSPS) is 11.0. The van der Waals surface area contributed by atoms with E-state index in [0.717, 1.165) is 11.6 Å². The number of benzene rings is 2. The summed E-state index contributed by atoms with van der Waals surface area (Å²) < 4.78 is 16.4. The van der Waals surface area contributed by atoms with Crippen molar-refractivity contribution in [2.24, 2.45) is 0 Å². The lowest BCUT2D eigenvalue weighted by atomic mass is 10.1. The predicted molar refractivity (Wildman–Crippen MR) is 111 cm³/mol. The maximum atomic E-state index is 13.9. The number of carbonyl (C=O) groups is 1. The second-order valence-electron chi connectivity index (χ2n) is 6.55. The molecule has 7 nitrogen and oxygen atoms in total. The first-order valence-corrected chi connectivity index (χ1v) is 9.37. The lowest BCUT2D eigenvalue weighted by molar-refractivity contribution is -0.116. The van der Waals surface area contributed by atoms with Crippen molar-refractivity contribution in [1.29, 1.82) is 0 Å². The van der Waals surface area contributed by atoms with Gasteiger partial charge in [0.05, 0.1) is 18.0 Å². The number of fused-ring (bicyclic) bond motifs is 1. The number of amides is 1. The Labute approximate surface area is 175 Å². The summed E-state index contributed by atoms with van der Waals surface area (Å²) in [5.74, 6) is -1.26. The van der Waals surface area contributed by atoms with Crippen LogP contribution in [0.5, 0.6) is 0 Å². The van der Waals surface area contributed by atoms with Gasteiger partial charge in [-0.05, 0) is 18.2 Å². The smallest absolute Gasteiger partial charge is 0.277 e. The van der Waals surface area contributed by atoms with Crippen LogP contribution in [0, 0.1) is 5.82 Å². The van der Waals surface area contributed by atoms with E-state index in [4.69, 9.17) is 11.6 Å². The first kappa shape index (κ1) is 19.8. The molecule has 0 aliphatic carbocycles. The van der Waals surface area contributed by atoms with E-state index < -0.39 is 23.9 Å². The predicted octanol–water partition coefficient (Wildman–Crippen LogP) is 3.09. The fourth-order valence-corrected chi connectivity index (χ4v) is 3.35. The topological polar surface area (TPSA) is 88.6 Å². The van der Waals surface area contributed by atoms with Gasteiger partial charge in [-0.15, -0.1) is 0 Å². The largest absolute Gasteiger partial charge is 0.392 e. The van der Waals surface area contributed by atoms with Crippen molar-refractivity contribution in [3.05, 3.63) is 87.7 Å². The highest BCUT2D eigenvalue weighted by molar-refractivity contribution is 6.30. The molecular formula is C21H16ClFN4O3. The van der Waals surface area contributed by atoms with Crippen molar-refractivity contribution < 1.29 is 14.3 Å². The van der Waals surface area contributed by atoms with E-state index in [1.165, 1.54) is 33.6 Å². The van der Waals surface area contributed by atoms with Crippen molar-refractivity contribution in [2.45, 2.75) is 13.2 Å². The average molecular weight is 427 g/mol. The van der Waals surface area contributed by atoms with Crippen molar-refractivity contribution in [1.82, 2.24) is 14.2 Å². The zero-order valence-corrected chi connectivity index (χ0v) is 16.3. The third kappa shape index (κ3) is 3.70. The summed E-state index contributed by atoms with van der Waals surface area (Å²) in [6.07, 6.45) is 2.94. The Morgan fingerprint density at radius 1 is 1.17 bits per heavy atom. The molecule has 30 heavy (non-hydrogen) atoms. The van der Waals surface area contributed by atoms with E-state index in [0.29, 0.717) is 11.3 Å². The molecule has 0 spiro atoms. The maximum Gasteiger partial charge on any atom is 0.277 e. The van der Waals surface area contributed by atoms with Gasteiger partial charge in [0.2, 0.25) is 5.91 Å². The fraction of sp³-hybridized carbons (Fsp3) is 0.0952. The van der Waals surface area contributed by atoms with Crippen LogP contribution in [-0.4, -0.2) is 25.2 Å². The van der Waals surface area contributed by atoms with Crippen LogP contribution in [-0.2, 0) is 17.9 Å². The van der Waals surface area contributed by atoms with Crippen LogP contribution in [0.1, 0.15) is 5.56 Å². The number of anilines is 1. The van der Waals surface area contributed by atoms with E-state index >= 15 is 0 Å². The number of aliphatic hydroxyl groups is 1. The molecule has 0 aliphatic rings. The summed E-state index contributed by atoms with van der Waals surface area (Å²) in [7, 11) is 0. The minimum Gasteiger partial charge on any atom is -0.392 e. The molecule has 2 heterocycles. The molecule has 0 unspecified atom stereocenters. The molecule has 4 aromatic rings. The lowest BCUT2D eigenvalue weighted by Gasteiger charge is -2.09. The lowest BCUT2D eigenvalue weighted by Crippen LogP contribution is -2.28. The molecule has 0 radical (unpaired) electrons. The van der Waals surface area contributed by atoms with E-state index in [1.54, 1.807) is 0 Å². The number of halogens is 2. The number of hydrogen-bond donors (Lipinski definition) is 2. The second kappa shape index (κ2) is 8.10. The summed E-state index contributed by atoms with van der Waals surface area (Å²) in [6.45, 7) is -0.733. The number of hydrogen-bond acceptors (Lipinski definition) is 4. The SMILES string of the molecule is O=C(Cn1ccn2nc(-c3ccccc3)c(CO)c2c1=O)Nc1ccc(Cl)cc1F. The van der Waals surface area contributed by atoms with Crippen molar-refractivity contribution in [2.75, 3.05) is 5.32 Å². The summed E-state index contributed by atoms with van der Waals surface area (Å²) in [6, 6.07) is 13.0. The molecule has 4 rings (SSSR count). The standard InChI is InChI=1S/C21H16ClFN4O3/c22-14-6-7-17(16(23)10-14)24-18(29)11-26-8-9-27-20(21(26)30)15(12-28)19(25-27)13-4-2-1-3-5-13/h1-10,28H,11-12H2,(H,24,29). The van der Waals surface area contributed by atoms with Gasteiger partial charge in [-0.1, -0.05) is 41.9 Å². The maximum absolute atomic E-state index is 13.9. The molecule has 0 saturated carbocycles. The van der Waals surface area contributed by atoms with Gasteiger partial charge in [-0.2, -0.15) is 5.10 Å². The van der Waals surface area contributed by atoms with Crippen LogP contribution in [0.3, 0.4) is 0 Å². The number of rotatable bonds is 5. The van der Waals surface area contributed by atoms with Crippen molar-refractivity contribution in [3.63, 3.8) is 0 Å². The Balaban J connectivity index is 1.68. The zero-order chi connectivity index (χ0) is 21.3. The van der Waals surface area contributed by atoms with Gasteiger partial charge in [0.25, 0.3) is 5.56 Å². The van der Waals surface area contributed by atoms with Crippen LogP contribution in [0.2, 0.25) is 5.02 Å². The highest BCUT2D eigenvalue weighted by Crippen LogP contribution is 2.24. The average Bonchev–Trinajstić information content (AvgIpc) is 3.12. The van der Waals surface area contributed by atoms with E-state index in [2.05, 4.69) is 10.4 Å². The molecule has 152 valence electrons. The summed E-state index contributed by atoms with van der Waals surface area (Å²) >= 11 is 5.71. The molecule has 1 amide bonds. The quantitative estimate of drug-likeness (QED) is 0.513. The first-order valence-electron chi connectivity index (χ1n) is 9.00. The third-order valence-electron chi connectivity index (χ3n) is 4.58. The Kier molecular flexibility index (Phi) is 5.35. The van der Waals surface area contributed by atoms with Crippen LogP contribution < -0.4 is 10.9 Å². The molecule has 9 heteroatoms. The van der Waals surface area contributed by atoms with Crippen molar-refractivity contribution in [3.8, 4) is 11.3 Å². The Morgan fingerprint density at radius 2 is 1.93 bits per heavy atom. The van der Waals surface area contributed by atoms with E-state index in [9.17, 15) is 19.1 Å². The van der Waals surface area contributed by atoms with Crippen LogP contribution in [0.25, 0.3) is 16.8 Å². The fourth-order valence-electron chi connectivity index (χ4n) is 3.19. The Bertz CT molecular complexity index is 1300. The van der Waals surface area contributed by atoms with Gasteiger partial charge >= 0.3 is 0 Å². The van der Waals surface area contributed by atoms with Gasteiger partial charge < -0.3 is 15.0 Å². The van der Waals surface area contributed by atoms with Gasteiger partial charge in [0.1, 0.15) is 17.9 Å². The third-order valence-corrected chi connectivity index (χ3v) is 4.82. The number of nitrogens with one attached hydrogen (secondary N) is 1. The Morgan fingerprint density at radius 3 is 2.63 bits per heavy atom. The minimum absolute atomic E-state index is 0.0368. The monoisotopic (exact) mass is 426 g/mol. The highest BCUT2D eigenvalue weighted by Gasteiger charge is 2.18. The molecule has 0 fully saturated rings. The van der Waals surface area contributed by atoms with E-state index in [-0.39, 0.29) is 22.8 Å². The first-order chi connectivity index (χ1) is 14.5. The molecule has 0 bridgehead atoms. The van der Waals surface area contributed by atoms with E-state index in [1.807, 2.05) is 30.3 Å². The van der Waals surface area contributed by atoms with Gasteiger partial charge in [0, 0.05) is 28.5 Å². The molecule has 2 aromatic heterocycles. The van der Waals surface area contributed by atoms with Crippen LogP contribution in [0.15, 0.2) is 65.7 Å². The molecule has 0 atom stereocenters. The van der Waals surface area contributed by atoms with Crippen molar-refractivity contribution >= 4 is 28.7 Å². The number of carbonyl (C=O) groups excluding carboxylic acids is 1. The number of nitrogens with zero attached hydrogens (tertiary/aromatic N) is 3.